The molecule has 1 aliphatic carbocycles. The molecule has 0 radical (unpaired) electrons. The molecule has 0 aromatic heterocycles. The van der Waals surface area contributed by atoms with Crippen molar-refractivity contribution >= 4 is 11.8 Å². The Morgan fingerprint density at radius 1 is 1.00 bits per heavy atom. The Morgan fingerprint density at radius 2 is 1.79 bits per heavy atom. The van der Waals surface area contributed by atoms with Gasteiger partial charge in [0, 0.05) is 18.1 Å². The SMILES string of the molecule is NC1CCCC(NC2CCSCC2)C1. The summed E-state index contributed by atoms with van der Waals surface area (Å²) in [5, 5.41) is 3.79. The Bertz CT molecular complexity index is 169. The smallest absolute Gasteiger partial charge is 0.00853 e. The summed E-state index contributed by atoms with van der Waals surface area (Å²) < 4.78 is 0. The highest BCUT2D eigenvalue weighted by Crippen LogP contribution is 2.21. The lowest BCUT2D eigenvalue weighted by Crippen LogP contribution is -2.45. The van der Waals surface area contributed by atoms with Gasteiger partial charge in [0.05, 0.1) is 0 Å². The van der Waals surface area contributed by atoms with E-state index < -0.39 is 0 Å². The number of hydrogen-bond donors (Lipinski definition) is 2. The minimum absolute atomic E-state index is 0.458. The third-order valence-corrected chi connectivity index (χ3v) is 4.46. The van der Waals surface area contributed by atoms with Gasteiger partial charge in [-0.1, -0.05) is 6.42 Å². The molecular weight excluding hydrogens is 192 g/mol. The summed E-state index contributed by atoms with van der Waals surface area (Å²) in [5.74, 6) is 2.69. The number of hydrogen-bond acceptors (Lipinski definition) is 3. The Hall–Kier alpha value is 0.270. The number of nitrogens with two attached hydrogens (primary N) is 1. The van der Waals surface area contributed by atoms with Crippen LogP contribution in [0.1, 0.15) is 38.5 Å². The minimum Gasteiger partial charge on any atom is -0.328 e. The molecule has 14 heavy (non-hydrogen) atoms. The third-order valence-electron chi connectivity index (χ3n) is 3.41. The van der Waals surface area contributed by atoms with E-state index in [1.54, 1.807) is 0 Å². The second-order valence-corrected chi connectivity index (χ2v) is 5.90. The molecule has 0 spiro atoms. The van der Waals surface area contributed by atoms with E-state index >= 15 is 0 Å². The fourth-order valence-corrected chi connectivity index (χ4v) is 3.68. The van der Waals surface area contributed by atoms with Crippen molar-refractivity contribution in [3.8, 4) is 0 Å². The topological polar surface area (TPSA) is 38.0 Å². The fourth-order valence-electron chi connectivity index (χ4n) is 2.58. The summed E-state index contributed by atoms with van der Waals surface area (Å²) in [6.45, 7) is 0. The maximum absolute atomic E-state index is 5.99. The summed E-state index contributed by atoms with van der Waals surface area (Å²) in [6.07, 6.45) is 7.81. The molecule has 1 saturated heterocycles. The average molecular weight is 214 g/mol. The van der Waals surface area contributed by atoms with Gasteiger partial charge < -0.3 is 11.1 Å². The van der Waals surface area contributed by atoms with Crippen molar-refractivity contribution in [2.45, 2.75) is 56.7 Å². The Kier molecular flexibility index (Phi) is 4.14. The van der Waals surface area contributed by atoms with E-state index in [1.165, 1.54) is 50.0 Å². The fraction of sp³-hybridized carbons (Fsp3) is 1.00. The van der Waals surface area contributed by atoms with Gasteiger partial charge in [-0.05, 0) is 43.6 Å². The Balaban J connectivity index is 1.72. The van der Waals surface area contributed by atoms with Crippen molar-refractivity contribution in [3.63, 3.8) is 0 Å². The minimum atomic E-state index is 0.458. The van der Waals surface area contributed by atoms with Crippen LogP contribution >= 0.6 is 11.8 Å². The van der Waals surface area contributed by atoms with Crippen LogP contribution in [0.2, 0.25) is 0 Å². The lowest BCUT2D eigenvalue weighted by Gasteiger charge is -2.32. The van der Waals surface area contributed by atoms with Crippen molar-refractivity contribution < 1.29 is 0 Å². The van der Waals surface area contributed by atoms with E-state index in [4.69, 9.17) is 5.73 Å². The molecule has 1 aliphatic heterocycles. The van der Waals surface area contributed by atoms with Crippen LogP contribution in [0.5, 0.6) is 0 Å². The maximum atomic E-state index is 5.99. The van der Waals surface area contributed by atoms with Crippen LogP contribution < -0.4 is 11.1 Å². The molecule has 3 heteroatoms. The predicted octanol–water partition coefficient (Wildman–Crippen LogP) is 1.74. The lowest BCUT2D eigenvalue weighted by atomic mass is 9.91. The van der Waals surface area contributed by atoms with Crippen molar-refractivity contribution in [1.29, 1.82) is 0 Å². The van der Waals surface area contributed by atoms with E-state index in [1.807, 2.05) is 0 Å². The normalized spacial score (nSPS) is 35.8. The predicted molar refractivity (Wildman–Crippen MR) is 63.7 cm³/mol. The van der Waals surface area contributed by atoms with Gasteiger partial charge >= 0.3 is 0 Å². The van der Waals surface area contributed by atoms with Crippen LogP contribution in [0.15, 0.2) is 0 Å². The number of thioether (sulfide) groups is 1. The molecule has 1 heterocycles. The molecule has 1 saturated carbocycles. The van der Waals surface area contributed by atoms with Gasteiger partial charge in [0.2, 0.25) is 0 Å². The molecule has 2 fully saturated rings. The Labute approximate surface area is 91.4 Å². The number of nitrogens with one attached hydrogen (secondary N) is 1. The summed E-state index contributed by atoms with van der Waals surface area (Å²) in [5.41, 5.74) is 5.99. The summed E-state index contributed by atoms with van der Waals surface area (Å²) in [4.78, 5) is 0. The van der Waals surface area contributed by atoms with Gasteiger partial charge in [-0.2, -0.15) is 11.8 Å². The van der Waals surface area contributed by atoms with Crippen LogP contribution in [0.25, 0.3) is 0 Å². The molecule has 2 aliphatic rings. The van der Waals surface area contributed by atoms with Gasteiger partial charge in [0.15, 0.2) is 0 Å². The highest BCUT2D eigenvalue weighted by Gasteiger charge is 2.22. The molecule has 0 bridgehead atoms. The second-order valence-electron chi connectivity index (χ2n) is 4.68. The summed E-state index contributed by atoms with van der Waals surface area (Å²) in [6, 6.07) is 1.96. The molecule has 2 rings (SSSR count). The first kappa shape index (κ1) is 10.8. The molecule has 0 aromatic rings. The van der Waals surface area contributed by atoms with Gasteiger partial charge in [0.25, 0.3) is 0 Å². The summed E-state index contributed by atoms with van der Waals surface area (Å²) in [7, 11) is 0. The monoisotopic (exact) mass is 214 g/mol. The zero-order valence-electron chi connectivity index (χ0n) is 8.87. The average Bonchev–Trinajstić information content (AvgIpc) is 2.19. The molecule has 2 unspecified atom stereocenters. The first-order valence-electron chi connectivity index (χ1n) is 5.94. The van der Waals surface area contributed by atoms with Crippen LogP contribution in [0.3, 0.4) is 0 Å². The van der Waals surface area contributed by atoms with Crippen molar-refractivity contribution in [2.75, 3.05) is 11.5 Å². The molecular formula is C11H22N2S. The second kappa shape index (κ2) is 5.38. The Morgan fingerprint density at radius 3 is 2.50 bits per heavy atom. The molecule has 82 valence electrons. The van der Waals surface area contributed by atoms with E-state index in [0.29, 0.717) is 12.1 Å². The highest BCUT2D eigenvalue weighted by molar-refractivity contribution is 7.99. The van der Waals surface area contributed by atoms with E-state index in [0.717, 1.165) is 6.04 Å². The quantitative estimate of drug-likeness (QED) is 0.735. The zero-order valence-corrected chi connectivity index (χ0v) is 9.69. The molecule has 2 nitrogen and oxygen atoms in total. The standard InChI is InChI=1S/C11H22N2S/c12-9-2-1-3-11(8-9)13-10-4-6-14-7-5-10/h9-11,13H,1-8,12H2. The van der Waals surface area contributed by atoms with E-state index in [-0.39, 0.29) is 0 Å². The van der Waals surface area contributed by atoms with Gasteiger partial charge in [-0.25, -0.2) is 0 Å². The van der Waals surface area contributed by atoms with Crippen molar-refractivity contribution in [2.24, 2.45) is 5.73 Å². The van der Waals surface area contributed by atoms with Crippen molar-refractivity contribution in [3.05, 3.63) is 0 Å². The van der Waals surface area contributed by atoms with Crippen LogP contribution in [0, 0.1) is 0 Å². The zero-order chi connectivity index (χ0) is 9.80. The van der Waals surface area contributed by atoms with Crippen LogP contribution in [-0.4, -0.2) is 29.6 Å². The van der Waals surface area contributed by atoms with Crippen molar-refractivity contribution in [1.82, 2.24) is 5.32 Å². The van der Waals surface area contributed by atoms with Crippen LogP contribution in [-0.2, 0) is 0 Å². The molecule has 3 N–H and O–H groups in total. The first-order chi connectivity index (χ1) is 6.84. The molecule has 0 amide bonds. The van der Waals surface area contributed by atoms with Gasteiger partial charge in [-0.3, -0.25) is 0 Å². The molecule has 2 atom stereocenters. The largest absolute Gasteiger partial charge is 0.328 e. The maximum Gasteiger partial charge on any atom is 0.00853 e. The lowest BCUT2D eigenvalue weighted by molar-refractivity contribution is 0.303. The highest BCUT2D eigenvalue weighted by atomic mass is 32.2. The van der Waals surface area contributed by atoms with Crippen LogP contribution in [0.4, 0.5) is 0 Å². The molecule has 0 aromatic carbocycles. The van der Waals surface area contributed by atoms with Gasteiger partial charge in [-0.15, -0.1) is 0 Å². The van der Waals surface area contributed by atoms with E-state index in [9.17, 15) is 0 Å². The first-order valence-corrected chi connectivity index (χ1v) is 7.09. The third kappa shape index (κ3) is 3.14. The van der Waals surface area contributed by atoms with E-state index in [2.05, 4.69) is 17.1 Å². The van der Waals surface area contributed by atoms with Gasteiger partial charge in [0.1, 0.15) is 0 Å². The summed E-state index contributed by atoms with van der Waals surface area (Å²) >= 11 is 2.10. The number of rotatable bonds is 2.